The monoisotopic (exact) mass is 1000 g/mol. The van der Waals surface area contributed by atoms with E-state index < -0.39 is 18.1 Å². The van der Waals surface area contributed by atoms with E-state index in [2.05, 4.69) is 45.7 Å². The van der Waals surface area contributed by atoms with Crippen LogP contribution in [0.15, 0.2) is 12.4 Å². The fraction of sp³-hybridized carbons (Fsp3) is 0.733. The maximum atomic E-state index is 14.2. The molecule has 2 aliphatic heterocycles. The van der Waals surface area contributed by atoms with Crippen molar-refractivity contribution in [2.45, 2.75) is 96.8 Å². The number of nitrogens with zero attached hydrogens (tertiary/aromatic N) is 13. The van der Waals surface area contributed by atoms with Crippen LogP contribution in [-0.2, 0) is 28.6 Å². The lowest BCUT2D eigenvalue weighted by Gasteiger charge is -2.38. The third kappa shape index (κ3) is 17.2. The Kier molecular flexibility index (Phi) is 24.4. The second-order valence-corrected chi connectivity index (χ2v) is 17.9. The smallest absolute Gasteiger partial charge is 0.303 e. The van der Waals surface area contributed by atoms with Crippen LogP contribution in [0.25, 0.3) is 0 Å². The molecule has 0 saturated carbocycles. The minimum Gasteiger partial charge on any atom is -1.00 e. The van der Waals surface area contributed by atoms with Crippen LogP contribution >= 0.6 is 0 Å². The minimum absolute atomic E-state index is 0. The average molecular weight is 1000 g/mol. The zero-order valence-electron chi connectivity index (χ0n) is 41.3. The van der Waals surface area contributed by atoms with Gasteiger partial charge in [-0.2, -0.15) is 15.0 Å². The molecule has 24 nitrogen and oxygen atoms in total. The van der Waals surface area contributed by atoms with Crippen LogP contribution in [0.4, 0.5) is 17.8 Å². The van der Waals surface area contributed by atoms with E-state index in [9.17, 15) is 19.5 Å². The first kappa shape index (κ1) is 57.3. The van der Waals surface area contributed by atoms with Crippen molar-refractivity contribution in [1.29, 1.82) is 0 Å². The molecule has 25 heteroatoms. The van der Waals surface area contributed by atoms with Crippen LogP contribution in [0.5, 0.6) is 0 Å². The number of halogens is 1. The number of hydrogen-bond acceptors (Lipinski definition) is 19. The Bertz CT molecular complexity index is 2070. The fourth-order valence-electron chi connectivity index (χ4n) is 8.06. The fourth-order valence-corrected chi connectivity index (χ4v) is 8.06. The molecular formula is C45H75ClN17O7-. The number of carboxylic acid groups (broad SMARTS) is 1. The number of rotatable bonds is 30. The van der Waals surface area contributed by atoms with Gasteiger partial charge in [0, 0.05) is 65.3 Å². The number of carboxylic acids is 1. The predicted molar refractivity (Wildman–Crippen MR) is 258 cm³/mol. The molecule has 390 valence electrons. The number of unbranched alkanes of at least 4 members (excludes halogenated alkanes) is 1. The van der Waals surface area contributed by atoms with Gasteiger partial charge in [-0.1, -0.05) is 50.5 Å². The normalized spacial score (nSPS) is 16.3. The molecule has 3 aromatic heterocycles. The van der Waals surface area contributed by atoms with Gasteiger partial charge in [0.05, 0.1) is 68.9 Å². The molecule has 2 saturated heterocycles. The van der Waals surface area contributed by atoms with Crippen molar-refractivity contribution in [2.24, 2.45) is 29.0 Å². The van der Waals surface area contributed by atoms with Gasteiger partial charge >= 0.3 is 5.97 Å². The van der Waals surface area contributed by atoms with Gasteiger partial charge in [-0.15, -0.1) is 16.6 Å². The van der Waals surface area contributed by atoms with Gasteiger partial charge in [-0.05, 0) is 50.5 Å². The highest BCUT2D eigenvalue weighted by atomic mass is 35.5. The number of aliphatic carboxylic acids is 1. The minimum atomic E-state index is -1.01. The first-order valence-electron chi connectivity index (χ1n) is 24.3. The van der Waals surface area contributed by atoms with Gasteiger partial charge in [0.1, 0.15) is 18.7 Å². The number of amides is 2. The second-order valence-electron chi connectivity index (χ2n) is 17.9. The lowest BCUT2D eigenvalue weighted by molar-refractivity contribution is -0.139. The molecule has 5 unspecified atom stereocenters. The average Bonchev–Trinajstić information content (AvgIpc) is 4.05. The summed E-state index contributed by atoms with van der Waals surface area (Å²) in [4.78, 5) is 62.1. The molecule has 70 heavy (non-hydrogen) atoms. The first-order valence-corrected chi connectivity index (χ1v) is 24.3. The number of anilines is 3. The van der Waals surface area contributed by atoms with Gasteiger partial charge in [0.25, 0.3) is 0 Å². The van der Waals surface area contributed by atoms with Crippen LogP contribution in [-0.4, -0.2) is 183 Å². The van der Waals surface area contributed by atoms with E-state index in [1.54, 1.807) is 22.0 Å². The Morgan fingerprint density at radius 2 is 1.30 bits per heavy atom. The van der Waals surface area contributed by atoms with Crippen LogP contribution < -0.4 is 44.7 Å². The van der Waals surface area contributed by atoms with Crippen LogP contribution in [0.1, 0.15) is 108 Å². The van der Waals surface area contributed by atoms with Crippen molar-refractivity contribution in [3.8, 4) is 12.3 Å². The lowest BCUT2D eigenvalue weighted by atomic mass is 9.98. The molecular weight excluding hydrogens is 926 g/mol. The number of carbonyl (C=O) groups excluding carboxylic acids is 2. The van der Waals surface area contributed by atoms with Crippen molar-refractivity contribution in [3.63, 3.8) is 0 Å². The van der Waals surface area contributed by atoms with Crippen LogP contribution in [0.2, 0.25) is 0 Å². The van der Waals surface area contributed by atoms with E-state index >= 15 is 0 Å². The lowest BCUT2D eigenvalue weighted by Crippen LogP contribution is -3.00. The number of hydrogen-bond donors (Lipinski definition) is 5. The summed E-state index contributed by atoms with van der Waals surface area (Å²) in [5.74, 6) is 2.85. The number of aromatic nitrogens is 9. The summed E-state index contributed by atoms with van der Waals surface area (Å²) in [7, 11) is 0. The summed E-state index contributed by atoms with van der Waals surface area (Å²) in [5.41, 5.74) is 19.9. The number of ether oxygens (including phenoxy) is 3. The van der Waals surface area contributed by atoms with Crippen molar-refractivity contribution >= 4 is 35.6 Å². The van der Waals surface area contributed by atoms with Crippen molar-refractivity contribution in [1.82, 2.24) is 54.7 Å². The second kappa shape index (κ2) is 29.8. The summed E-state index contributed by atoms with van der Waals surface area (Å²) in [5, 5.41) is 30.0. The summed E-state index contributed by atoms with van der Waals surface area (Å²) < 4.78 is 19.6. The Labute approximate surface area is 417 Å². The predicted octanol–water partition coefficient (Wildman–Crippen LogP) is -1.98. The summed E-state index contributed by atoms with van der Waals surface area (Å²) in [6.45, 7) is 14.7. The molecule has 2 fully saturated rings. The maximum absolute atomic E-state index is 14.2. The van der Waals surface area contributed by atoms with Crippen LogP contribution in [0.3, 0.4) is 0 Å². The SMILES string of the molecule is C#CCOCCOCCOCCNc1nc(N2CCN(C(=O)C(CCCCN)n3cc(C(N)CC(C)C)nn3)CC2)nc(N2CCN(C(=O)C(CCC(=O)O)n3cc(C(N)C(C)CC)nn3)CC2)n1.[Cl-]. The number of nitrogens with one attached hydrogen (secondary N) is 1. The van der Waals surface area contributed by atoms with Gasteiger partial charge < -0.3 is 73.8 Å². The summed E-state index contributed by atoms with van der Waals surface area (Å²) in [6, 6.07) is -2.06. The Morgan fingerprint density at radius 3 is 1.83 bits per heavy atom. The van der Waals surface area contributed by atoms with E-state index in [1.807, 2.05) is 28.5 Å². The molecule has 8 N–H and O–H groups in total. The van der Waals surface area contributed by atoms with E-state index in [1.165, 1.54) is 4.68 Å². The van der Waals surface area contributed by atoms with Gasteiger partial charge in [-0.3, -0.25) is 14.4 Å². The molecule has 0 radical (unpaired) electrons. The first-order chi connectivity index (χ1) is 33.3. The molecule has 0 aliphatic carbocycles. The molecule has 0 spiro atoms. The molecule has 0 aromatic carbocycles. The van der Waals surface area contributed by atoms with Gasteiger partial charge in [0.15, 0.2) is 0 Å². The summed E-state index contributed by atoms with van der Waals surface area (Å²) >= 11 is 0. The van der Waals surface area contributed by atoms with Crippen molar-refractivity contribution in [2.75, 3.05) is 120 Å². The zero-order valence-corrected chi connectivity index (χ0v) is 42.0. The standard InChI is InChI=1S/C45H75N17O7.ClH/c1-6-23-67-25-27-69-28-26-68-24-14-49-43-50-44(59-19-15-57(16-20-59)41(65)37(10-8-9-13-46)61-30-35(53-55-61)34(47)29-32(3)4)52-45(51-43)60-21-17-58(18-22-60)42(66)38(11-12-39(63)64)62-31-36(54-56-62)40(48)33(5)7-2;/h1,30-34,37-38,40H,7-29,46-48H2,2-5H3,(H,63,64)(H,49,50,51,52);1H/p-1. The van der Waals surface area contributed by atoms with Crippen LogP contribution in [0, 0.1) is 24.2 Å². The van der Waals surface area contributed by atoms with Crippen molar-refractivity contribution < 1.29 is 46.1 Å². The third-order valence-electron chi connectivity index (χ3n) is 12.4. The molecule has 5 atom stereocenters. The number of piperazine rings is 2. The van der Waals surface area contributed by atoms with Gasteiger partial charge in [0.2, 0.25) is 29.7 Å². The van der Waals surface area contributed by atoms with E-state index in [-0.39, 0.29) is 61.7 Å². The highest BCUT2D eigenvalue weighted by Gasteiger charge is 2.34. The van der Waals surface area contributed by atoms with Gasteiger partial charge in [-0.25, -0.2) is 9.36 Å². The topological polar surface area (TPSA) is 302 Å². The summed E-state index contributed by atoms with van der Waals surface area (Å²) in [6.07, 6.45) is 12.2. The third-order valence-corrected chi connectivity index (χ3v) is 12.4. The maximum Gasteiger partial charge on any atom is 0.303 e. The Morgan fingerprint density at radius 1 is 0.771 bits per heavy atom. The molecule has 3 aromatic rings. The molecule has 2 aliphatic rings. The number of terminal acetylenes is 1. The van der Waals surface area contributed by atoms with Crippen molar-refractivity contribution in [3.05, 3.63) is 23.8 Å². The Hall–Kier alpha value is -5.29. The number of nitrogens with two attached hydrogens (primary N) is 3. The molecule has 2 amide bonds. The molecule has 5 heterocycles. The molecule has 0 bridgehead atoms. The number of carbonyl (C=O) groups is 3. The van der Waals surface area contributed by atoms with E-state index in [0.29, 0.717) is 140 Å². The van der Waals surface area contributed by atoms with E-state index in [0.717, 1.165) is 25.7 Å². The largest absolute Gasteiger partial charge is 1.00 e. The van der Waals surface area contributed by atoms with E-state index in [4.69, 9.17) is 52.8 Å². The Balaban J connectivity index is 0.0000107. The highest BCUT2D eigenvalue weighted by molar-refractivity contribution is 5.81. The quantitative estimate of drug-likeness (QED) is 0.0357. The zero-order chi connectivity index (χ0) is 49.7. The molecule has 5 rings (SSSR count). The highest BCUT2D eigenvalue weighted by Crippen LogP contribution is 2.26.